The summed E-state index contributed by atoms with van der Waals surface area (Å²) < 4.78 is 18.4. The summed E-state index contributed by atoms with van der Waals surface area (Å²) in [6, 6.07) is 33.1. The maximum Gasteiger partial charge on any atom is 0.488 e. The molecule has 89 heavy (non-hydrogen) atoms. The number of nitrogens with one attached hydrogen (secondary N) is 3. The first kappa shape index (κ1) is 67.9. The van der Waals surface area contributed by atoms with Crippen molar-refractivity contribution in [2.75, 3.05) is 0 Å². The molecule has 3 fully saturated rings. The molecule has 2 unspecified atom stereocenters. The number of benzene rings is 5. The third-order valence-corrected chi connectivity index (χ3v) is 16.9. The van der Waals surface area contributed by atoms with Crippen molar-refractivity contribution < 1.29 is 48.7 Å². The van der Waals surface area contributed by atoms with E-state index in [1.165, 1.54) is 24.3 Å². The number of fused-ring (bicyclic) bond motifs is 3. The zero-order valence-electron chi connectivity index (χ0n) is 52.6. The number of aromatic nitrogens is 6. The van der Waals surface area contributed by atoms with Gasteiger partial charge in [0.1, 0.15) is 34.3 Å². The van der Waals surface area contributed by atoms with Gasteiger partial charge in [0.25, 0.3) is 0 Å². The summed E-state index contributed by atoms with van der Waals surface area (Å²) in [5, 5.41) is 34.7. The van der Waals surface area contributed by atoms with Gasteiger partial charge in [-0.05, 0) is 218 Å². The minimum absolute atomic E-state index is 0. The zero-order chi connectivity index (χ0) is 63.6. The van der Waals surface area contributed by atoms with Crippen molar-refractivity contribution in [3.63, 3.8) is 0 Å². The molecule has 19 nitrogen and oxygen atoms in total. The Bertz CT molecular complexity index is 3540. The van der Waals surface area contributed by atoms with Gasteiger partial charge in [-0.2, -0.15) is 0 Å². The van der Waals surface area contributed by atoms with Crippen molar-refractivity contribution in [2.24, 2.45) is 0 Å². The molecule has 3 aliphatic heterocycles. The second kappa shape index (κ2) is 28.0. The van der Waals surface area contributed by atoms with E-state index in [1.807, 2.05) is 101 Å². The summed E-state index contributed by atoms with van der Waals surface area (Å²) in [4.78, 5) is 70.0. The maximum absolute atomic E-state index is 13.3. The van der Waals surface area contributed by atoms with Crippen molar-refractivity contribution in [1.82, 2.24) is 44.6 Å². The second-order valence-electron chi connectivity index (χ2n) is 26.1. The quantitative estimate of drug-likeness (QED) is 0.0382. The molecule has 6 heterocycles. The van der Waals surface area contributed by atoms with Crippen LogP contribution < -0.4 is 10.9 Å². The van der Waals surface area contributed by atoms with Gasteiger partial charge in [0.15, 0.2) is 0 Å². The number of amides is 3. The van der Waals surface area contributed by atoms with Gasteiger partial charge in [-0.3, -0.25) is 14.7 Å². The smallest absolute Gasteiger partial charge is 0.444 e. The number of nitrogens with zero attached hydrogens (tertiary/aromatic N) is 6. The molecular weight excluding hydrogens is 1240 g/mol. The number of rotatable bonds is 10. The van der Waals surface area contributed by atoms with Crippen molar-refractivity contribution in [2.45, 2.75) is 201 Å². The molecule has 0 aliphatic carbocycles. The third kappa shape index (κ3) is 16.3. The van der Waals surface area contributed by atoms with Crippen LogP contribution in [0.5, 0.6) is 0 Å². The predicted molar refractivity (Wildman–Crippen MR) is 361 cm³/mol. The van der Waals surface area contributed by atoms with Crippen LogP contribution in [-0.2, 0) is 14.2 Å². The monoisotopic (exact) mass is 1330 g/mol. The lowest BCUT2D eigenvalue weighted by Crippen LogP contribution is -2.41. The predicted octanol–water partition coefficient (Wildman–Crippen LogP) is 13.2. The maximum atomic E-state index is 13.3. The van der Waals surface area contributed by atoms with Gasteiger partial charge in [-0.15, -0.1) is 0 Å². The zero-order valence-corrected chi connectivity index (χ0v) is 54.8. The molecule has 474 valence electrons. The van der Waals surface area contributed by atoms with E-state index in [9.17, 15) is 14.4 Å². The van der Waals surface area contributed by atoms with Gasteiger partial charge in [0.05, 0.1) is 51.2 Å². The molecule has 8 aromatic rings. The van der Waals surface area contributed by atoms with Crippen LogP contribution in [0.3, 0.4) is 0 Å². The van der Waals surface area contributed by atoms with E-state index in [1.54, 1.807) is 0 Å². The molecule has 3 aliphatic rings. The fourth-order valence-electron chi connectivity index (χ4n) is 12.0. The minimum atomic E-state index is -1.52. The van der Waals surface area contributed by atoms with Gasteiger partial charge < -0.3 is 49.3 Å². The molecule has 22 heteroatoms. The summed E-state index contributed by atoms with van der Waals surface area (Å²) in [6.45, 7) is 23.5. The fourth-order valence-corrected chi connectivity index (χ4v) is 12.5. The SMILES string of the molecule is C.CC[C@@H]1CCC(c2nc3ccc(-c4ccc(-c5ccc6nc([C@@H]7CC[C@@H](CC)N7C(=O)OC(C)(C)C)[nH]c6c5)cc4)cc3[nH]2)N1C(=O)OC(C)(C)C.CC[C@@H]1CCC(c2nc3ccc(I)cc3[nH]2)N1C(=O)OC(C)(C)C.OB(O)c1ccc(B(O)O)cc1. The van der Waals surface area contributed by atoms with Gasteiger partial charge in [-0.25, -0.2) is 29.3 Å². The Labute approximate surface area is 537 Å². The topological polar surface area (TPSA) is 256 Å². The highest BCUT2D eigenvalue weighted by molar-refractivity contribution is 14.1. The van der Waals surface area contributed by atoms with E-state index >= 15 is 0 Å². The van der Waals surface area contributed by atoms with E-state index in [4.69, 9.17) is 49.3 Å². The Morgan fingerprint density at radius 3 is 1.02 bits per heavy atom. The Morgan fingerprint density at radius 1 is 0.461 bits per heavy atom. The first-order chi connectivity index (χ1) is 41.6. The van der Waals surface area contributed by atoms with Crippen molar-refractivity contribution >= 4 is 99.1 Å². The van der Waals surface area contributed by atoms with E-state index in [0.717, 1.165) is 134 Å². The van der Waals surface area contributed by atoms with Crippen molar-refractivity contribution in [3.05, 3.63) is 124 Å². The van der Waals surface area contributed by atoms with Crippen LogP contribution in [0.25, 0.3) is 55.4 Å². The highest BCUT2D eigenvalue weighted by Crippen LogP contribution is 2.42. The second-order valence-corrected chi connectivity index (χ2v) is 27.4. The number of hydrogen-bond donors (Lipinski definition) is 7. The summed E-state index contributed by atoms with van der Waals surface area (Å²) in [5.41, 5.74) is 8.99. The molecule has 0 radical (unpaired) electrons. The highest BCUT2D eigenvalue weighted by Gasteiger charge is 2.43. The van der Waals surface area contributed by atoms with Crippen molar-refractivity contribution in [3.8, 4) is 22.3 Å². The number of halogens is 1. The van der Waals surface area contributed by atoms with Crippen molar-refractivity contribution in [1.29, 1.82) is 0 Å². The molecule has 11 rings (SSSR count). The molecule has 3 aromatic heterocycles. The first-order valence-electron chi connectivity index (χ1n) is 30.7. The third-order valence-electron chi connectivity index (χ3n) is 16.2. The first-order valence-corrected chi connectivity index (χ1v) is 31.8. The van der Waals surface area contributed by atoms with Crippen LogP contribution in [-0.4, -0.2) is 132 Å². The largest absolute Gasteiger partial charge is 0.488 e. The van der Waals surface area contributed by atoms with E-state index in [2.05, 4.69) is 113 Å². The lowest BCUT2D eigenvalue weighted by Gasteiger charge is -2.31. The summed E-state index contributed by atoms with van der Waals surface area (Å²) in [5.74, 6) is 2.46. The van der Waals surface area contributed by atoms with Gasteiger partial charge >= 0.3 is 32.5 Å². The number of imidazole rings is 3. The van der Waals surface area contributed by atoms with Crippen LogP contribution in [0, 0.1) is 3.57 Å². The number of likely N-dealkylation sites (tertiary alicyclic amines) is 3. The van der Waals surface area contributed by atoms with Gasteiger partial charge in [0, 0.05) is 21.7 Å². The lowest BCUT2D eigenvalue weighted by molar-refractivity contribution is 0.0123. The number of carbonyl (C=O) groups excluding carboxylic acids is 3. The standard InChI is InChI=1S/C42H52N6O4.C18H24IN3O2.C6H8B2O4.CH4/c1-9-29-17-21-35(47(29)39(49)51-41(3,4)5)37-43-31-19-15-27(23-33(31)45-37)25-11-13-26(14-12-25)28-16-20-32-34(24-28)46-38(44-32)36-22-18-30(10-2)48(36)40(50)52-42(6,7)8;1-5-12-7-9-15(22(12)17(23)24-18(2,3)4)16-20-13-8-6-11(19)10-14(13)21-16;9-7(10)5-1-2-6(4-3-5)8(11)12;/h11-16,19-20,23-24,29-30,35-36H,9-10,17-18,21-22H2,1-8H3,(H,43,45)(H,44,46);6,8,10,12,15H,5,7,9H2,1-4H3,(H,20,21);1-4,9-12H;1H4/t29-,30-,35+,36?;12-,15?;;/m11../s1. The number of carbonyl (C=O) groups is 3. The Morgan fingerprint density at radius 2 is 0.742 bits per heavy atom. The molecule has 0 bridgehead atoms. The molecule has 3 saturated heterocycles. The van der Waals surface area contributed by atoms with E-state index in [0.29, 0.717) is 10.9 Å². The van der Waals surface area contributed by atoms with Gasteiger partial charge in [0.2, 0.25) is 0 Å². The Hall–Kier alpha value is -6.98. The van der Waals surface area contributed by atoms with Crippen LogP contribution in [0.2, 0.25) is 0 Å². The summed E-state index contributed by atoms with van der Waals surface area (Å²) in [7, 11) is -3.04. The highest BCUT2D eigenvalue weighted by atomic mass is 127. The summed E-state index contributed by atoms with van der Waals surface area (Å²) in [6.07, 6.45) is 7.32. The molecule has 0 spiro atoms. The molecule has 5 aromatic carbocycles. The number of hydrogen-bond acceptors (Lipinski definition) is 13. The summed E-state index contributed by atoms with van der Waals surface area (Å²) >= 11 is 2.29. The van der Waals surface area contributed by atoms with Crippen LogP contribution in [0.4, 0.5) is 14.4 Å². The molecular formula is C67H88B2IN9O10. The molecule has 6 atom stereocenters. The number of aromatic amines is 3. The molecule has 3 amide bonds. The van der Waals surface area contributed by atoms with E-state index in [-0.39, 0.29) is 62.0 Å². The normalized spacial score (nSPS) is 19.4. The van der Waals surface area contributed by atoms with Gasteiger partial charge in [-0.1, -0.05) is 88.9 Å². The van der Waals surface area contributed by atoms with Crippen LogP contribution >= 0.6 is 22.6 Å². The Balaban J connectivity index is 0.000000226. The Kier molecular flexibility index (Phi) is 21.4. The fraction of sp³-hybridized carbons (Fsp3) is 0.463. The molecule has 7 N–H and O–H groups in total. The minimum Gasteiger partial charge on any atom is -0.444 e. The lowest BCUT2D eigenvalue weighted by atomic mass is 9.75. The number of H-pyrrole nitrogens is 3. The number of ether oxygens (including phenoxy) is 3. The average molecular weight is 1330 g/mol. The molecule has 0 saturated carbocycles. The average Bonchev–Trinajstić information content (AvgIpc) is 1.79. The van der Waals surface area contributed by atoms with Crippen LogP contribution in [0.1, 0.15) is 184 Å². The van der Waals surface area contributed by atoms with Crippen LogP contribution in [0.15, 0.2) is 103 Å². The van der Waals surface area contributed by atoms with E-state index < -0.39 is 31.0 Å².